The van der Waals surface area contributed by atoms with Gasteiger partial charge in [-0.1, -0.05) is 19.1 Å². The van der Waals surface area contributed by atoms with Gasteiger partial charge >= 0.3 is 0 Å². The highest BCUT2D eigenvalue weighted by atomic mass is 16.5. The van der Waals surface area contributed by atoms with Gasteiger partial charge in [0.2, 0.25) is 0 Å². The highest BCUT2D eigenvalue weighted by Crippen LogP contribution is 2.26. The van der Waals surface area contributed by atoms with Crippen LogP contribution < -0.4 is 9.64 Å². The van der Waals surface area contributed by atoms with E-state index >= 15 is 0 Å². The molecule has 110 valence electrons. The van der Waals surface area contributed by atoms with Crippen molar-refractivity contribution in [2.75, 3.05) is 19.1 Å². The number of aromatic hydroxyl groups is 1. The average Bonchev–Trinajstić information content (AvgIpc) is 2.54. The molecule has 0 fully saturated rings. The topological polar surface area (TPSA) is 49.8 Å². The summed E-state index contributed by atoms with van der Waals surface area (Å²) in [6.07, 6.45) is 0.953. The van der Waals surface area contributed by atoms with Gasteiger partial charge in [-0.15, -0.1) is 0 Å². The lowest BCUT2D eigenvalue weighted by Crippen LogP contribution is -2.26. The van der Waals surface area contributed by atoms with Crippen LogP contribution >= 0.6 is 0 Å². The van der Waals surface area contributed by atoms with E-state index in [-0.39, 0.29) is 17.2 Å². The monoisotopic (exact) mass is 285 g/mol. The summed E-state index contributed by atoms with van der Waals surface area (Å²) in [5.74, 6) is 0.194. The summed E-state index contributed by atoms with van der Waals surface area (Å²) in [7, 11) is 3.20. The van der Waals surface area contributed by atoms with E-state index in [0.29, 0.717) is 5.75 Å². The van der Waals surface area contributed by atoms with Crippen LogP contribution in [0.3, 0.4) is 0 Å². The molecule has 0 heterocycles. The van der Waals surface area contributed by atoms with Crippen LogP contribution in [0.2, 0.25) is 0 Å². The van der Waals surface area contributed by atoms with Crippen molar-refractivity contribution in [3.63, 3.8) is 0 Å². The highest BCUT2D eigenvalue weighted by molar-refractivity contribution is 6.07. The Morgan fingerprint density at radius 2 is 1.86 bits per heavy atom. The molecule has 0 aliphatic carbocycles. The van der Waals surface area contributed by atoms with E-state index in [1.807, 2.05) is 24.3 Å². The van der Waals surface area contributed by atoms with Crippen LogP contribution in [0.1, 0.15) is 22.8 Å². The zero-order valence-corrected chi connectivity index (χ0v) is 12.5. The number of carbonyl (C=O) groups excluding carboxylic acids is 1. The Labute approximate surface area is 124 Å². The number of phenols is 1. The van der Waals surface area contributed by atoms with Crippen LogP contribution in [0, 0.1) is 0 Å². The number of ether oxygens (including phenoxy) is 1. The van der Waals surface area contributed by atoms with E-state index in [1.54, 1.807) is 13.1 Å². The first-order chi connectivity index (χ1) is 10.1. The first-order valence-corrected chi connectivity index (χ1v) is 6.80. The first kappa shape index (κ1) is 14.9. The third-order valence-corrected chi connectivity index (χ3v) is 3.47. The van der Waals surface area contributed by atoms with Crippen LogP contribution in [-0.2, 0) is 6.42 Å². The zero-order valence-electron chi connectivity index (χ0n) is 12.5. The van der Waals surface area contributed by atoms with Crippen LogP contribution in [0.4, 0.5) is 5.69 Å². The molecule has 2 aromatic rings. The van der Waals surface area contributed by atoms with Crippen LogP contribution in [0.5, 0.6) is 11.5 Å². The standard InChI is InChI=1S/C17H19NO3/c1-4-12-5-7-13(8-6-12)18(2)17(20)15-11-14(21-3)9-10-16(15)19/h5-11,19H,4H2,1-3H3. The molecule has 0 saturated carbocycles. The van der Waals surface area contributed by atoms with Crippen molar-refractivity contribution < 1.29 is 14.6 Å². The first-order valence-electron chi connectivity index (χ1n) is 6.80. The predicted molar refractivity (Wildman–Crippen MR) is 83.2 cm³/mol. The number of hydrogen-bond donors (Lipinski definition) is 1. The molecule has 0 aromatic heterocycles. The average molecular weight is 285 g/mol. The number of aryl methyl sites for hydroxylation is 1. The lowest BCUT2D eigenvalue weighted by Gasteiger charge is -2.18. The van der Waals surface area contributed by atoms with Gasteiger partial charge in [0.1, 0.15) is 11.5 Å². The minimum absolute atomic E-state index is 0.0576. The summed E-state index contributed by atoms with van der Waals surface area (Å²) < 4.78 is 5.09. The van der Waals surface area contributed by atoms with E-state index < -0.39 is 0 Å². The van der Waals surface area contributed by atoms with Crippen molar-refractivity contribution >= 4 is 11.6 Å². The summed E-state index contributed by atoms with van der Waals surface area (Å²) in [4.78, 5) is 14.0. The van der Waals surface area contributed by atoms with Crippen LogP contribution in [0.15, 0.2) is 42.5 Å². The van der Waals surface area contributed by atoms with Gasteiger partial charge in [-0.25, -0.2) is 0 Å². The fourth-order valence-electron chi connectivity index (χ4n) is 2.07. The molecule has 4 heteroatoms. The molecule has 0 atom stereocenters. The second-order valence-corrected chi connectivity index (χ2v) is 4.77. The Bertz CT molecular complexity index is 635. The van der Waals surface area contributed by atoms with E-state index in [0.717, 1.165) is 12.1 Å². The maximum Gasteiger partial charge on any atom is 0.261 e. The molecule has 0 aliphatic heterocycles. The SMILES string of the molecule is CCc1ccc(N(C)C(=O)c2cc(OC)ccc2O)cc1. The van der Waals surface area contributed by atoms with Gasteiger partial charge in [0.05, 0.1) is 12.7 Å². The van der Waals surface area contributed by atoms with Crippen molar-refractivity contribution in [1.29, 1.82) is 0 Å². The van der Waals surface area contributed by atoms with Crippen molar-refractivity contribution in [1.82, 2.24) is 0 Å². The highest BCUT2D eigenvalue weighted by Gasteiger charge is 2.18. The maximum atomic E-state index is 12.5. The molecule has 0 saturated heterocycles. The third-order valence-electron chi connectivity index (χ3n) is 3.47. The van der Waals surface area contributed by atoms with Gasteiger partial charge in [-0.2, -0.15) is 0 Å². The lowest BCUT2D eigenvalue weighted by atomic mass is 10.1. The molecule has 2 aromatic carbocycles. The Morgan fingerprint density at radius 1 is 1.19 bits per heavy atom. The Balaban J connectivity index is 2.29. The molecule has 0 aliphatic rings. The van der Waals surface area contributed by atoms with Crippen LogP contribution in [-0.4, -0.2) is 25.2 Å². The lowest BCUT2D eigenvalue weighted by molar-refractivity contribution is 0.0990. The number of carbonyl (C=O) groups is 1. The number of hydrogen-bond acceptors (Lipinski definition) is 3. The van der Waals surface area contributed by atoms with E-state index in [1.165, 1.54) is 29.7 Å². The molecule has 1 amide bonds. The maximum absolute atomic E-state index is 12.5. The van der Waals surface area contributed by atoms with Crippen LogP contribution in [0.25, 0.3) is 0 Å². The molecular weight excluding hydrogens is 266 g/mol. The summed E-state index contributed by atoms with van der Waals surface area (Å²) in [5.41, 5.74) is 2.21. The molecule has 2 rings (SSSR count). The fourth-order valence-corrected chi connectivity index (χ4v) is 2.07. The number of methoxy groups -OCH3 is 1. The fraction of sp³-hybridized carbons (Fsp3) is 0.235. The van der Waals surface area contributed by atoms with E-state index in [9.17, 15) is 9.90 Å². The molecule has 0 spiro atoms. The largest absolute Gasteiger partial charge is 0.507 e. The number of phenolic OH excluding ortho intramolecular Hbond substituents is 1. The van der Waals surface area contributed by atoms with Gasteiger partial charge in [0.15, 0.2) is 0 Å². The zero-order chi connectivity index (χ0) is 15.4. The normalized spacial score (nSPS) is 10.2. The van der Waals surface area contributed by atoms with E-state index in [2.05, 4.69) is 6.92 Å². The Hall–Kier alpha value is -2.49. The molecule has 0 bridgehead atoms. The van der Waals surface area contributed by atoms with Gasteiger partial charge in [-0.05, 0) is 42.3 Å². The van der Waals surface area contributed by atoms with Crippen molar-refractivity contribution in [2.24, 2.45) is 0 Å². The second-order valence-electron chi connectivity index (χ2n) is 4.77. The number of anilines is 1. The second kappa shape index (κ2) is 6.31. The Morgan fingerprint density at radius 3 is 2.43 bits per heavy atom. The molecular formula is C17H19NO3. The number of benzene rings is 2. The summed E-state index contributed by atoms with van der Waals surface area (Å²) >= 11 is 0. The van der Waals surface area contributed by atoms with Gasteiger partial charge in [0, 0.05) is 12.7 Å². The minimum Gasteiger partial charge on any atom is -0.507 e. The molecule has 0 radical (unpaired) electrons. The van der Waals surface area contributed by atoms with Gasteiger partial charge in [0.25, 0.3) is 5.91 Å². The molecule has 21 heavy (non-hydrogen) atoms. The van der Waals surface area contributed by atoms with E-state index in [4.69, 9.17) is 4.74 Å². The van der Waals surface area contributed by atoms with Crippen molar-refractivity contribution in [2.45, 2.75) is 13.3 Å². The number of nitrogens with zero attached hydrogens (tertiary/aromatic N) is 1. The summed E-state index contributed by atoms with van der Waals surface area (Å²) in [6.45, 7) is 2.08. The molecule has 0 unspecified atom stereocenters. The van der Waals surface area contributed by atoms with Crippen molar-refractivity contribution in [3.05, 3.63) is 53.6 Å². The minimum atomic E-state index is -0.282. The smallest absolute Gasteiger partial charge is 0.261 e. The third kappa shape index (κ3) is 3.16. The summed E-state index contributed by atoms with van der Waals surface area (Å²) in [5, 5.41) is 9.88. The predicted octanol–water partition coefficient (Wildman–Crippen LogP) is 3.24. The quantitative estimate of drug-likeness (QED) is 0.938. The molecule has 4 nitrogen and oxygen atoms in total. The summed E-state index contributed by atoms with van der Waals surface area (Å²) in [6, 6.07) is 12.4. The molecule has 1 N–H and O–H groups in total. The van der Waals surface area contributed by atoms with Gasteiger partial charge in [-0.3, -0.25) is 4.79 Å². The van der Waals surface area contributed by atoms with Gasteiger partial charge < -0.3 is 14.7 Å². The van der Waals surface area contributed by atoms with Crippen molar-refractivity contribution in [3.8, 4) is 11.5 Å². The Kier molecular flexibility index (Phi) is 4.48. The number of amides is 1. The number of rotatable bonds is 4.